The standard InChI is InChI=1S/C20H27N3O2S/c1-5-23(6-2)18(15-8-7-9-17(12-15)25-3)14-22-20(24)16-10-11-21-19(13-16)26-4/h7-13,18H,5-6,14H2,1-4H3,(H,22,24). The van der Waals surface area contributed by atoms with Crippen molar-refractivity contribution in [2.75, 3.05) is 33.0 Å². The van der Waals surface area contributed by atoms with Gasteiger partial charge in [0.15, 0.2) is 0 Å². The molecule has 26 heavy (non-hydrogen) atoms. The molecule has 1 aromatic carbocycles. The molecular weight excluding hydrogens is 346 g/mol. The number of hydrogen-bond acceptors (Lipinski definition) is 5. The number of pyridine rings is 1. The molecular formula is C20H27N3O2S. The van der Waals surface area contributed by atoms with Crippen molar-refractivity contribution >= 4 is 17.7 Å². The molecule has 1 unspecified atom stereocenters. The van der Waals surface area contributed by atoms with Gasteiger partial charge in [0.25, 0.3) is 5.91 Å². The quantitative estimate of drug-likeness (QED) is 0.680. The molecule has 0 fully saturated rings. The summed E-state index contributed by atoms with van der Waals surface area (Å²) in [6, 6.07) is 11.7. The van der Waals surface area contributed by atoms with Gasteiger partial charge in [0.2, 0.25) is 0 Å². The number of rotatable bonds is 9. The van der Waals surface area contributed by atoms with Crippen LogP contribution in [-0.2, 0) is 0 Å². The van der Waals surface area contributed by atoms with E-state index < -0.39 is 0 Å². The topological polar surface area (TPSA) is 54.5 Å². The number of aromatic nitrogens is 1. The molecule has 1 heterocycles. The van der Waals surface area contributed by atoms with Gasteiger partial charge in [-0.2, -0.15) is 0 Å². The third-order valence-electron chi connectivity index (χ3n) is 4.39. The average Bonchev–Trinajstić information content (AvgIpc) is 2.70. The zero-order valence-electron chi connectivity index (χ0n) is 15.9. The molecule has 0 aliphatic rings. The Balaban J connectivity index is 2.17. The van der Waals surface area contributed by atoms with Gasteiger partial charge in [-0.15, -0.1) is 11.8 Å². The van der Waals surface area contributed by atoms with Crippen molar-refractivity contribution in [2.24, 2.45) is 0 Å². The van der Waals surface area contributed by atoms with Crippen LogP contribution >= 0.6 is 11.8 Å². The number of carbonyl (C=O) groups is 1. The van der Waals surface area contributed by atoms with Gasteiger partial charge in [-0.25, -0.2) is 4.98 Å². The number of benzene rings is 1. The molecule has 0 radical (unpaired) electrons. The Labute approximate surface area is 160 Å². The SMILES string of the molecule is CCN(CC)C(CNC(=O)c1ccnc(SC)c1)c1cccc(OC)c1. The van der Waals surface area contributed by atoms with Crippen LogP contribution in [0.4, 0.5) is 0 Å². The highest BCUT2D eigenvalue weighted by atomic mass is 32.2. The Kier molecular flexibility index (Phi) is 7.94. The van der Waals surface area contributed by atoms with Crippen molar-refractivity contribution in [1.82, 2.24) is 15.2 Å². The van der Waals surface area contributed by atoms with Crippen LogP contribution in [0.1, 0.15) is 35.8 Å². The highest BCUT2D eigenvalue weighted by molar-refractivity contribution is 7.98. The summed E-state index contributed by atoms with van der Waals surface area (Å²) >= 11 is 1.52. The zero-order chi connectivity index (χ0) is 18.9. The molecule has 0 spiro atoms. The minimum Gasteiger partial charge on any atom is -0.497 e. The van der Waals surface area contributed by atoms with Gasteiger partial charge in [0.1, 0.15) is 5.75 Å². The van der Waals surface area contributed by atoms with Crippen LogP contribution in [0.3, 0.4) is 0 Å². The van der Waals surface area contributed by atoms with E-state index in [1.165, 1.54) is 11.8 Å². The molecule has 140 valence electrons. The van der Waals surface area contributed by atoms with E-state index in [0.29, 0.717) is 12.1 Å². The Morgan fingerprint density at radius 2 is 2.04 bits per heavy atom. The van der Waals surface area contributed by atoms with Crippen LogP contribution in [0.5, 0.6) is 5.75 Å². The number of amides is 1. The number of hydrogen-bond donors (Lipinski definition) is 1. The molecule has 2 rings (SSSR count). The molecule has 1 aromatic heterocycles. The Morgan fingerprint density at radius 3 is 2.69 bits per heavy atom. The van der Waals surface area contributed by atoms with E-state index in [0.717, 1.165) is 29.4 Å². The van der Waals surface area contributed by atoms with Crippen LogP contribution in [0.15, 0.2) is 47.6 Å². The lowest BCUT2D eigenvalue weighted by molar-refractivity contribution is 0.0934. The van der Waals surface area contributed by atoms with Crippen molar-refractivity contribution < 1.29 is 9.53 Å². The summed E-state index contributed by atoms with van der Waals surface area (Å²) in [6.07, 6.45) is 3.62. The predicted molar refractivity (Wildman–Crippen MR) is 107 cm³/mol. The minimum atomic E-state index is -0.0808. The number of methoxy groups -OCH3 is 1. The number of nitrogens with zero attached hydrogens (tertiary/aromatic N) is 2. The molecule has 0 saturated heterocycles. The number of nitrogens with one attached hydrogen (secondary N) is 1. The molecule has 0 aliphatic carbocycles. The maximum atomic E-state index is 12.6. The maximum absolute atomic E-state index is 12.6. The molecule has 1 atom stereocenters. The molecule has 6 heteroatoms. The zero-order valence-corrected chi connectivity index (χ0v) is 16.7. The van der Waals surface area contributed by atoms with Crippen LogP contribution < -0.4 is 10.1 Å². The minimum absolute atomic E-state index is 0.0808. The number of ether oxygens (including phenoxy) is 1. The molecule has 0 aliphatic heterocycles. The highest BCUT2D eigenvalue weighted by Gasteiger charge is 2.20. The van der Waals surface area contributed by atoms with Gasteiger partial charge in [-0.05, 0) is 49.2 Å². The molecule has 1 N–H and O–H groups in total. The second-order valence-electron chi connectivity index (χ2n) is 5.81. The van der Waals surface area contributed by atoms with Gasteiger partial charge in [-0.3, -0.25) is 9.69 Å². The van der Waals surface area contributed by atoms with E-state index in [1.54, 1.807) is 19.4 Å². The van der Waals surface area contributed by atoms with E-state index in [9.17, 15) is 4.79 Å². The van der Waals surface area contributed by atoms with Crippen molar-refractivity contribution in [3.8, 4) is 5.75 Å². The fourth-order valence-electron chi connectivity index (χ4n) is 2.92. The van der Waals surface area contributed by atoms with E-state index in [4.69, 9.17) is 4.74 Å². The Morgan fingerprint density at radius 1 is 1.27 bits per heavy atom. The maximum Gasteiger partial charge on any atom is 0.251 e. The van der Waals surface area contributed by atoms with Crippen LogP contribution in [-0.4, -0.2) is 48.8 Å². The first-order chi connectivity index (χ1) is 12.6. The van der Waals surface area contributed by atoms with Crippen LogP contribution in [0, 0.1) is 0 Å². The van der Waals surface area contributed by atoms with E-state index in [-0.39, 0.29) is 11.9 Å². The number of likely N-dealkylation sites (N-methyl/N-ethyl adjacent to an activating group) is 1. The third-order valence-corrected chi connectivity index (χ3v) is 5.04. The summed E-state index contributed by atoms with van der Waals surface area (Å²) in [5.41, 5.74) is 1.76. The average molecular weight is 374 g/mol. The first-order valence-electron chi connectivity index (χ1n) is 8.79. The largest absolute Gasteiger partial charge is 0.497 e. The summed E-state index contributed by atoms with van der Waals surface area (Å²) in [5.74, 6) is 0.743. The van der Waals surface area contributed by atoms with E-state index >= 15 is 0 Å². The van der Waals surface area contributed by atoms with Crippen molar-refractivity contribution in [3.63, 3.8) is 0 Å². The first kappa shape index (κ1) is 20.3. The summed E-state index contributed by atoms with van der Waals surface area (Å²) < 4.78 is 5.36. The van der Waals surface area contributed by atoms with Crippen molar-refractivity contribution in [2.45, 2.75) is 24.9 Å². The Bertz CT molecular complexity index is 720. The van der Waals surface area contributed by atoms with Gasteiger partial charge in [-0.1, -0.05) is 26.0 Å². The lowest BCUT2D eigenvalue weighted by atomic mass is 10.0. The van der Waals surface area contributed by atoms with Gasteiger partial charge in [0, 0.05) is 18.3 Å². The summed E-state index contributed by atoms with van der Waals surface area (Å²) in [5, 5.41) is 3.92. The number of thioether (sulfide) groups is 1. The van der Waals surface area contributed by atoms with Crippen LogP contribution in [0.2, 0.25) is 0 Å². The second-order valence-corrected chi connectivity index (χ2v) is 6.64. The fourth-order valence-corrected chi connectivity index (χ4v) is 3.34. The van der Waals surface area contributed by atoms with E-state index in [1.807, 2.05) is 30.5 Å². The molecule has 1 amide bonds. The molecule has 2 aromatic rings. The van der Waals surface area contributed by atoms with Gasteiger partial charge < -0.3 is 10.1 Å². The van der Waals surface area contributed by atoms with E-state index in [2.05, 4.69) is 35.1 Å². The normalized spacial score (nSPS) is 12.0. The predicted octanol–water partition coefficient (Wildman–Crippen LogP) is 3.63. The van der Waals surface area contributed by atoms with Crippen molar-refractivity contribution in [3.05, 3.63) is 53.7 Å². The van der Waals surface area contributed by atoms with Gasteiger partial charge >= 0.3 is 0 Å². The molecule has 0 bridgehead atoms. The summed E-state index contributed by atoms with van der Waals surface area (Å²) in [7, 11) is 1.67. The smallest absolute Gasteiger partial charge is 0.251 e. The number of carbonyl (C=O) groups excluding carboxylic acids is 1. The van der Waals surface area contributed by atoms with Crippen molar-refractivity contribution in [1.29, 1.82) is 0 Å². The summed E-state index contributed by atoms with van der Waals surface area (Å²) in [6.45, 7) is 6.60. The molecule has 0 saturated carbocycles. The third kappa shape index (κ3) is 5.22. The highest BCUT2D eigenvalue weighted by Crippen LogP contribution is 2.24. The van der Waals surface area contributed by atoms with Crippen LogP contribution in [0.25, 0.3) is 0 Å². The lowest BCUT2D eigenvalue weighted by Crippen LogP contribution is -2.38. The molecule has 5 nitrogen and oxygen atoms in total. The monoisotopic (exact) mass is 373 g/mol. The van der Waals surface area contributed by atoms with Gasteiger partial charge in [0.05, 0.1) is 18.2 Å². The second kappa shape index (κ2) is 10.2. The fraction of sp³-hybridized carbons (Fsp3) is 0.400. The lowest BCUT2D eigenvalue weighted by Gasteiger charge is -2.30. The summed E-state index contributed by atoms with van der Waals surface area (Å²) in [4.78, 5) is 19.1. The first-order valence-corrected chi connectivity index (χ1v) is 10.0. The Hall–Kier alpha value is -2.05.